The third-order valence-corrected chi connectivity index (χ3v) is 6.01. The molecule has 7 nitrogen and oxygen atoms in total. The number of hydrogen-bond donors (Lipinski definition) is 1. The van der Waals surface area contributed by atoms with Gasteiger partial charge in [0, 0.05) is 15.6 Å². The van der Waals surface area contributed by atoms with Crippen LogP contribution in [0, 0.1) is 0 Å². The number of rotatable bonds is 5. The molecule has 2 aromatic carbocycles. The predicted molar refractivity (Wildman–Crippen MR) is 124 cm³/mol. The summed E-state index contributed by atoms with van der Waals surface area (Å²) >= 11 is 13.6. The van der Waals surface area contributed by atoms with Crippen molar-refractivity contribution in [2.24, 2.45) is 0 Å². The zero-order valence-corrected chi connectivity index (χ0v) is 18.4. The molecule has 0 unspecified atom stereocenters. The highest BCUT2D eigenvalue weighted by molar-refractivity contribution is 7.17. The topological polar surface area (TPSA) is 81.0 Å². The Labute approximate surface area is 190 Å². The Morgan fingerprint density at radius 3 is 2.65 bits per heavy atom. The van der Waals surface area contributed by atoms with E-state index in [1.54, 1.807) is 23.8 Å². The van der Waals surface area contributed by atoms with Gasteiger partial charge in [-0.15, -0.1) is 10.2 Å². The van der Waals surface area contributed by atoms with Crippen LogP contribution in [0.3, 0.4) is 0 Å². The molecule has 0 saturated heterocycles. The summed E-state index contributed by atoms with van der Waals surface area (Å²) in [5.41, 5.74) is 3.34. The van der Waals surface area contributed by atoms with E-state index in [-0.39, 0.29) is 0 Å². The van der Waals surface area contributed by atoms with Crippen molar-refractivity contribution in [3.63, 3.8) is 0 Å². The van der Waals surface area contributed by atoms with Crippen molar-refractivity contribution in [3.8, 4) is 28.5 Å². The molecule has 1 N–H and O–H groups in total. The van der Waals surface area contributed by atoms with Crippen molar-refractivity contribution in [1.29, 1.82) is 0 Å². The third-order valence-electron chi connectivity index (χ3n) is 4.58. The van der Waals surface area contributed by atoms with Crippen LogP contribution in [0.5, 0.6) is 5.75 Å². The third kappa shape index (κ3) is 3.93. The summed E-state index contributed by atoms with van der Waals surface area (Å²) in [5.74, 6) is 1.38. The molecule has 0 aliphatic rings. The molecular weight excluding hydrogens is 455 g/mol. The molecule has 0 amide bonds. The number of nitrogens with one attached hydrogen (secondary N) is 1. The Morgan fingerprint density at radius 1 is 1.03 bits per heavy atom. The summed E-state index contributed by atoms with van der Waals surface area (Å²) in [5, 5.41) is 22.5. The van der Waals surface area contributed by atoms with E-state index in [0.717, 1.165) is 33.3 Å². The number of ether oxygens (including phenoxy) is 1. The molecular formula is C21H14Cl2N6OS. The van der Waals surface area contributed by atoms with E-state index in [2.05, 4.69) is 25.5 Å². The highest BCUT2D eigenvalue weighted by Gasteiger charge is 2.15. The second-order valence-electron chi connectivity index (χ2n) is 6.55. The van der Waals surface area contributed by atoms with Gasteiger partial charge in [-0.05, 0) is 54.1 Å². The second kappa shape index (κ2) is 8.14. The van der Waals surface area contributed by atoms with Crippen LogP contribution in [0.4, 0.5) is 0 Å². The lowest BCUT2D eigenvalue weighted by Gasteiger charge is -1.99. The molecule has 10 heteroatoms. The van der Waals surface area contributed by atoms with Crippen molar-refractivity contribution < 1.29 is 4.74 Å². The maximum Gasteiger partial charge on any atom is 0.235 e. The largest absolute Gasteiger partial charge is 0.497 e. The minimum absolute atomic E-state index is 0.580. The van der Waals surface area contributed by atoms with Gasteiger partial charge < -0.3 is 4.74 Å². The van der Waals surface area contributed by atoms with Gasteiger partial charge >= 0.3 is 0 Å². The lowest BCUT2D eigenvalue weighted by atomic mass is 10.1. The number of H-pyrrole nitrogens is 1. The summed E-state index contributed by atoms with van der Waals surface area (Å²) in [4.78, 5) is 0.678. The van der Waals surface area contributed by atoms with Crippen LogP contribution in [0.25, 0.3) is 39.9 Å². The first-order valence-electron chi connectivity index (χ1n) is 9.16. The molecule has 31 heavy (non-hydrogen) atoms. The Bertz CT molecular complexity index is 1400. The van der Waals surface area contributed by atoms with Crippen LogP contribution in [-0.2, 0) is 0 Å². The van der Waals surface area contributed by atoms with E-state index in [9.17, 15) is 0 Å². The first-order chi connectivity index (χ1) is 15.1. The SMILES string of the molecule is COc1ccc(-c2cc(-c3nnc4sc(/C=C/c5ccc(Cl)cc5Cl)nn34)[nH]n2)cc1. The summed E-state index contributed by atoms with van der Waals surface area (Å²) in [6, 6.07) is 15.0. The fraction of sp³-hybridized carbons (Fsp3) is 0.0476. The smallest absolute Gasteiger partial charge is 0.235 e. The first kappa shape index (κ1) is 19.7. The van der Waals surface area contributed by atoms with Crippen LogP contribution in [0.15, 0.2) is 48.5 Å². The lowest BCUT2D eigenvalue weighted by Crippen LogP contribution is -1.90. The maximum atomic E-state index is 6.23. The van der Waals surface area contributed by atoms with Crippen molar-refractivity contribution in [3.05, 3.63) is 69.1 Å². The number of aromatic amines is 1. The average Bonchev–Trinajstić information content (AvgIpc) is 3.49. The molecule has 154 valence electrons. The van der Waals surface area contributed by atoms with Gasteiger partial charge in [0.1, 0.15) is 16.5 Å². The standard InChI is InChI=1S/C21H14Cl2N6OS/c1-30-15-7-3-13(4-8-15)17-11-18(25-24-17)20-26-27-21-29(20)28-19(31-21)9-5-12-2-6-14(22)10-16(12)23/h2-11H,1H3,(H,24,25)/b9-5+. The van der Waals surface area contributed by atoms with Gasteiger partial charge in [-0.1, -0.05) is 46.7 Å². The highest BCUT2D eigenvalue weighted by atomic mass is 35.5. The van der Waals surface area contributed by atoms with Crippen molar-refractivity contribution in [2.75, 3.05) is 7.11 Å². The number of aromatic nitrogens is 6. The molecule has 0 aliphatic heterocycles. The fourth-order valence-electron chi connectivity index (χ4n) is 3.01. The van der Waals surface area contributed by atoms with E-state index in [1.807, 2.05) is 48.6 Å². The highest BCUT2D eigenvalue weighted by Crippen LogP contribution is 2.27. The fourth-order valence-corrected chi connectivity index (χ4v) is 4.22. The molecule has 0 fully saturated rings. The molecule has 0 spiro atoms. The molecule has 5 aromatic rings. The van der Waals surface area contributed by atoms with Crippen LogP contribution < -0.4 is 4.74 Å². The van der Waals surface area contributed by atoms with Gasteiger partial charge in [-0.25, -0.2) is 0 Å². The number of fused-ring (bicyclic) bond motifs is 1. The van der Waals surface area contributed by atoms with Gasteiger partial charge in [-0.2, -0.15) is 14.7 Å². The van der Waals surface area contributed by atoms with Gasteiger partial charge in [0.05, 0.1) is 12.8 Å². The number of nitrogens with zero attached hydrogens (tertiary/aromatic N) is 5. The Kier molecular flexibility index (Phi) is 5.19. The van der Waals surface area contributed by atoms with Crippen molar-refractivity contribution >= 4 is 51.7 Å². The summed E-state index contributed by atoms with van der Waals surface area (Å²) in [6.07, 6.45) is 3.77. The zero-order chi connectivity index (χ0) is 21.4. The Hall–Kier alpha value is -3.20. The van der Waals surface area contributed by atoms with Crippen LogP contribution in [0.2, 0.25) is 10.0 Å². The molecule has 0 saturated carbocycles. The number of hydrogen-bond acceptors (Lipinski definition) is 6. The van der Waals surface area contributed by atoms with Gasteiger partial charge in [-0.3, -0.25) is 5.10 Å². The normalized spacial score (nSPS) is 11.6. The molecule has 0 aliphatic carbocycles. The van der Waals surface area contributed by atoms with E-state index in [0.29, 0.717) is 20.8 Å². The zero-order valence-electron chi connectivity index (χ0n) is 16.1. The first-order valence-corrected chi connectivity index (χ1v) is 10.7. The quantitative estimate of drug-likeness (QED) is 0.356. The minimum atomic E-state index is 0.580. The molecule has 5 rings (SSSR count). The number of methoxy groups -OCH3 is 1. The Balaban J connectivity index is 1.43. The van der Waals surface area contributed by atoms with Gasteiger partial charge in [0.15, 0.2) is 0 Å². The molecule has 3 aromatic heterocycles. The van der Waals surface area contributed by atoms with E-state index in [4.69, 9.17) is 27.9 Å². The molecule has 0 radical (unpaired) electrons. The Morgan fingerprint density at radius 2 is 1.87 bits per heavy atom. The maximum absolute atomic E-state index is 6.23. The monoisotopic (exact) mass is 468 g/mol. The van der Waals surface area contributed by atoms with E-state index < -0.39 is 0 Å². The summed E-state index contributed by atoms with van der Waals surface area (Å²) in [7, 11) is 1.64. The summed E-state index contributed by atoms with van der Waals surface area (Å²) < 4.78 is 6.90. The molecule has 0 bridgehead atoms. The van der Waals surface area contributed by atoms with Crippen LogP contribution >= 0.6 is 34.5 Å². The predicted octanol–water partition coefficient (Wildman–Crippen LogP) is 5.73. The van der Waals surface area contributed by atoms with Crippen LogP contribution in [-0.4, -0.2) is 37.1 Å². The van der Waals surface area contributed by atoms with Crippen molar-refractivity contribution in [1.82, 2.24) is 30.0 Å². The van der Waals surface area contributed by atoms with E-state index in [1.165, 1.54) is 11.3 Å². The van der Waals surface area contributed by atoms with E-state index >= 15 is 0 Å². The van der Waals surface area contributed by atoms with Gasteiger partial charge in [0.25, 0.3) is 0 Å². The number of halogens is 2. The summed E-state index contributed by atoms with van der Waals surface area (Å²) in [6.45, 7) is 0. The van der Waals surface area contributed by atoms with Gasteiger partial charge in [0.2, 0.25) is 10.8 Å². The lowest BCUT2D eigenvalue weighted by molar-refractivity contribution is 0.415. The average molecular weight is 469 g/mol. The molecule has 3 heterocycles. The van der Waals surface area contributed by atoms with Crippen molar-refractivity contribution in [2.45, 2.75) is 0 Å². The minimum Gasteiger partial charge on any atom is -0.497 e. The molecule has 0 atom stereocenters. The second-order valence-corrected chi connectivity index (χ2v) is 8.38. The van der Waals surface area contributed by atoms with Crippen LogP contribution in [0.1, 0.15) is 10.6 Å². The number of benzene rings is 2.